The molecule has 0 aromatic heterocycles. The third-order valence-electron chi connectivity index (χ3n) is 3.57. The van der Waals surface area contributed by atoms with E-state index in [4.69, 9.17) is 16.3 Å². The van der Waals surface area contributed by atoms with Crippen molar-refractivity contribution in [2.24, 2.45) is 0 Å². The van der Waals surface area contributed by atoms with Gasteiger partial charge in [0.25, 0.3) is 5.91 Å². The van der Waals surface area contributed by atoms with Crippen LogP contribution in [0, 0.1) is 0 Å². The fraction of sp³-hybridized carbons (Fsp3) is 0.462. The van der Waals surface area contributed by atoms with Gasteiger partial charge >= 0.3 is 0 Å². The van der Waals surface area contributed by atoms with Gasteiger partial charge in [0.1, 0.15) is 12.2 Å². The normalized spacial score (nSPS) is 28.1. The van der Waals surface area contributed by atoms with E-state index in [0.717, 1.165) is 25.2 Å². The molecule has 5 heteroatoms. The molecule has 0 radical (unpaired) electrons. The summed E-state index contributed by atoms with van der Waals surface area (Å²) in [4.78, 5) is 13.8. The number of amides is 1. The molecule has 2 fully saturated rings. The van der Waals surface area contributed by atoms with Gasteiger partial charge in [-0.25, -0.2) is 0 Å². The molecule has 2 heterocycles. The van der Waals surface area contributed by atoms with Crippen LogP contribution in [0.3, 0.4) is 0 Å². The van der Waals surface area contributed by atoms with Crippen molar-refractivity contribution in [3.05, 3.63) is 29.3 Å². The average Bonchev–Trinajstić information content (AvgIpc) is 2.81. The highest BCUT2D eigenvalue weighted by Crippen LogP contribution is 2.29. The van der Waals surface area contributed by atoms with E-state index in [-0.39, 0.29) is 18.1 Å². The third kappa shape index (κ3) is 2.11. The summed E-state index contributed by atoms with van der Waals surface area (Å²) in [6.07, 6.45) is 0.942. The maximum atomic E-state index is 12.0. The highest BCUT2D eigenvalue weighted by atomic mass is 35.5. The fourth-order valence-electron chi connectivity index (χ4n) is 2.57. The molecule has 2 aliphatic heterocycles. The smallest absolute Gasteiger partial charge is 0.253 e. The van der Waals surface area contributed by atoms with Crippen molar-refractivity contribution in [1.29, 1.82) is 0 Å². The highest BCUT2D eigenvalue weighted by Gasteiger charge is 2.42. The second kappa shape index (κ2) is 4.53. The van der Waals surface area contributed by atoms with Crippen molar-refractivity contribution in [2.45, 2.75) is 12.0 Å². The summed E-state index contributed by atoms with van der Waals surface area (Å²) in [6.45, 7) is 2.49. The van der Waals surface area contributed by atoms with Crippen LogP contribution in [0.5, 0.6) is 0 Å². The van der Waals surface area contributed by atoms with Gasteiger partial charge in [-0.2, -0.15) is 0 Å². The van der Waals surface area contributed by atoms with Crippen LogP contribution in [0.4, 0.5) is 5.69 Å². The van der Waals surface area contributed by atoms with Crippen LogP contribution in [0.15, 0.2) is 24.3 Å². The standard InChI is InChI=1S/C13H15ClN2O2/c14-10-2-1-3-11(6-10)16-9-13(4-5-15-8-13)18-7-12(16)17/h1-3,6,15H,4-5,7-9H2. The SMILES string of the molecule is O=C1COC2(CCNC2)CN1c1cccc(Cl)c1. The zero-order valence-electron chi connectivity index (χ0n) is 9.99. The number of nitrogens with zero attached hydrogens (tertiary/aromatic N) is 1. The lowest BCUT2D eigenvalue weighted by Crippen LogP contribution is -2.55. The van der Waals surface area contributed by atoms with Gasteiger partial charge in [0.2, 0.25) is 0 Å². The van der Waals surface area contributed by atoms with E-state index in [1.807, 2.05) is 24.3 Å². The summed E-state index contributed by atoms with van der Waals surface area (Å²) in [7, 11) is 0. The van der Waals surface area contributed by atoms with Crippen LogP contribution in [0.25, 0.3) is 0 Å². The van der Waals surface area contributed by atoms with E-state index in [1.165, 1.54) is 0 Å². The number of morpholine rings is 1. The molecule has 1 atom stereocenters. The fourth-order valence-corrected chi connectivity index (χ4v) is 2.76. The van der Waals surface area contributed by atoms with Gasteiger partial charge < -0.3 is 15.0 Å². The Morgan fingerprint density at radius 2 is 2.33 bits per heavy atom. The third-order valence-corrected chi connectivity index (χ3v) is 3.81. The van der Waals surface area contributed by atoms with Crippen molar-refractivity contribution in [3.8, 4) is 0 Å². The Morgan fingerprint density at radius 1 is 1.44 bits per heavy atom. The zero-order chi connectivity index (χ0) is 12.6. The summed E-state index contributed by atoms with van der Waals surface area (Å²) in [5, 5.41) is 3.94. The maximum Gasteiger partial charge on any atom is 0.253 e. The monoisotopic (exact) mass is 266 g/mol. The molecule has 1 unspecified atom stereocenters. The van der Waals surface area contributed by atoms with E-state index >= 15 is 0 Å². The Kier molecular flexibility index (Phi) is 3.01. The van der Waals surface area contributed by atoms with Crippen molar-refractivity contribution >= 4 is 23.2 Å². The number of ether oxygens (including phenoxy) is 1. The lowest BCUT2D eigenvalue weighted by atomic mass is 10.00. The van der Waals surface area contributed by atoms with Crippen LogP contribution < -0.4 is 10.2 Å². The molecule has 0 saturated carbocycles. The Morgan fingerprint density at radius 3 is 3.06 bits per heavy atom. The molecule has 3 rings (SSSR count). The van der Waals surface area contributed by atoms with Gasteiger partial charge in [0.15, 0.2) is 0 Å². The van der Waals surface area contributed by atoms with E-state index < -0.39 is 0 Å². The minimum atomic E-state index is -0.226. The number of nitrogens with one attached hydrogen (secondary N) is 1. The zero-order valence-corrected chi connectivity index (χ0v) is 10.7. The van der Waals surface area contributed by atoms with Crippen molar-refractivity contribution in [3.63, 3.8) is 0 Å². The number of hydrogen-bond acceptors (Lipinski definition) is 3. The molecular weight excluding hydrogens is 252 g/mol. The predicted octanol–water partition coefficient (Wildman–Crippen LogP) is 1.44. The van der Waals surface area contributed by atoms with Crippen LogP contribution in [-0.4, -0.2) is 37.7 Å². The lowest BCUT2D eigenvalue weighted by Gasteiger charge is -2.39. The minimum absolute atomic E-state index is 0.00482. The summed E-state index contributed by atoms with van der Waals surface area (Å²) in [5.74, 6) is -0.00482. The average molecular weight is 267 g/mol. The Labute approximate surface area is 111 Å². The van der Waals surface area contributed by atoms with Crippen molar-refractivity contribution in [2.75, 3.05) is 31.1 Å². The van der Waals surface area contributed by atoms with Crippen LogP contribution >= 0.6 is 11.6 Å². The Bertz CT molecular complexity index is 472. The minimum Gasteiger partial charge on any atom is -0.362 e. The number of benzene rings is 1. The molecule has 1 amide bonds. The van der Waals surface area contributed by atoms with E-state index in [9.17, 15) is 4.79 Å². The molecule has 0 aliphatic carbocycles. The second-order valence-electron chi connectivity index (χ2n) is 4.86. The Balaban J connectivity index is 1.87. The number of carbonyl (C=O) groups is 1. The van der Waals surface area contributed by atoms with Gasteiger partial charge in [-0.05, 0) is 31.2 Å². The molecule has 1 N–H and O–H groups in total. The van der Waals surface area contributed by atoms with Gasteiger partial charge in [-0.15, -0.1) is 0 Å². The second-order valence-corrected chi connectivity index (χ2v) is 5.29. The summed E-state index contributed by atoms with van der Waals surface area (Å²) >= 11 is 5.98. The molecule has 1 aromatic carbocycles. The van der Waals surface area contributed by atoms with Crippen LogP contribution in [0.1, 0.15) is 6.42 Å². The first-order valence-corrected chi connectivity index (χ1v) is 6.47. The molecule has 4 nitrogen and oxygen atoms in total. The molecule has 1 spiro atoms. The number of carbonyl (C=O) groups excluding carboxylic acids is 1. The lowest BCUT2D eigenvalue weighted by molar-refractivity contribution is -0.136. The largest absolute Gasteiger partial charge is 0.362 e. The van der Waals surface area contributed by atoms with Crippen LogP contribution in [-0.2, 0) is 9.53 Å². The molecule has 96 valence electrons. The van der Waals surface area contributed by atoms with E-state index in [0.29, 0.717) is 11.6 Å². The molecule has 18 heavy (non-hydrogen) atoms. The number of halogens is 1. The van der Waals surface area contributed by atoms with Crippen LogP contribution in [0.2, 0.25) is 5.02 Å². The number of rotatable bonds is 1. The van der Waals surface area contributed by atoms with Gasteiger partial charge in [0.05, 0.1) is 6.54 Å². The van der Waals surface area contributed by atoms with E-state index in [1.54, 1.807) is 4.90 Å². The summed E-state index contributed by atoms with van der Waals surface area (Å²) in [5.41, 5.74) is 0.623. The van der Waals surface area contributed by atoms with Gasteiger partial charge in [-0.3, -0.25) is 4.79 Å². The molecular formula is C13H15ClN2O2. The predicted molar refractivity (Wildman–Crippen MR) is 70.0 cm³/mol. The van der Waals surface area contributed by atoms with Gasteiger partial charge in [-0.1, -0.05) is 17.7 Å². The first kappa shape index (κ1) is 12.0. The van der Waals surface area contributed by atoms with E-state index in [2.05, 4.69) is 5.32 Å². The summed E-state index contributed by atoms with van der Waals surface area (Å²) in [6, 6.07) is 7.40. The maximum absolute atomic E-state index is 12.0. The number of anilines is 1. The first-order valence-electron chi connectivity index (χ1n) is 6.09. The van der Waals surface area contributed by atoms with Crippen molar-refractivity contribution in [1.82, 2.24) is 5.32 Å². The molecule has 1 aromatic rings. The topological polar surface area (TPSA) is 41.6 Å². The first-order chi connectivity index (χ1) is 8.69. The van der Waals surface area contributed by atoms with Gasteiger partial charge in [0, 0.05) is 17.3 Å². The highest BCUT2D eigenvalue weighted by molar-refractivity contribution is 6.30. The molecule has 2 aliphatic rings. The van der Waals surface area contributed by atoms with Crippen molar-refractivity contribution < 1.29 is 9.53 Å². The quantitative estimate of drug-likeness (QED) is 0.836. The molecule has 0 bridgehead atoms. The molecule has 2 saturated heterocycles. The Hall–Kier alpha value is -1.10. The number of hydrogen-bond donors (Lipinski definition) is 1. The summed E-state index contributed by atoms with van der Waals surface area (Å²) < 4.78 is 5.73.